The van der Waals surface area contributed by atoms with Crippen LogP contribution in [-0.4, -0.2) is 24.6 Å². The zero-order chi connectivity index (χ0) is 9.40. The molecule has 0 aliphatic carbocycles. The third-order valence-corrected chi connectivity index (χ3v) is 3.01. The lowest BCUT2D eigenvalue weighted by Gasteiger charge is -2.15. The molecule has 0 heterocycles. The second-order valence-corrected chi connectivity index (χ2v) is 4.27. The molecule has 0 saturated heterocycles. The molecule has 0 rings (SSSR count). The summed E-state index contributed by atoms with van der Waals surface area (Å²) in [6.07, 6.45) is 2.23. The average Bonchev–Trinajstić information content (AvgIpc) is 2.11. The van der Waals surface area contributed by atoms with Gasteiger partial charge in [0.25, 0.3) is 0 Å². The molecule has 0 saturated carbocycles. The minimum Gasteiger partial charge on any atom is -0.316 e. The van der Waals surface area contributed by atoms with Crippen molar-refractivity contribution in [2.24, 2.45) is 0 Å². The fraction of sp³-hybridized carbons (Fsp3) is 0.800. The van der Waals surface area contributed by atoms with E-state index in [9.17, 15) is 0 Å². The molecule has 0 aliphatic rings. The lowest BCUT2D eigenvalue weighted by molar-refractivity contribution is 0.607. The Balaban J connectivity index is 3.59. The number of hydrogen-bond donors (Lipinski definition) is 1. The minimum atomic E-state index is 0.613. The normalized spacial score (nSPS) is 12.9. The molecular weight excluding hydrogens is 166 g/mol. The Hall–Kier alpha value is 0.0500. The second-order valence-electron chi connectivity index (χ2n) is 2.95. The SMILES string of the molecule is C=C(CC)CC(CSCC)NC. The van der Waals surface area contributed by atoms with Gasteiger partial charge in [0.05, 0.1) is 0 Å². The smallest absolute Gasteiger partial charge is 0.0192 e. The highest BCUT2D eigenvalue weighted by molar-refractivity contribution is 7.99. The number of rotatable bonds is 7. The molecule has 1 nitrogen and oxygen atoms in total. The van der Waals surface area contributed by atoms with Crippen molar-refractivity contribution >= 4 is 11.8 Å². The van der Waals surface area contributed by atoms with Crippen LogP contribution in [0.1, 0.15) is 26.7 Å². The molecule has 0 aliphatic heterocycles. The van der Waals surface area contributed by atoms with Crippen LogP contribution in [0, 0.1) is 0 Å². The third-order valence-electron chi connectivity index (χ3n) is 1.97. The van der Waals surface area contributed by atoms with Gasteiger partial charge in [0.2, 0.25) is 0 Å². The van der Waals surface area contributed by atoms with Crippen molar-refractivity contribution in [2.75, 3.05) is 18.6 Å². The van der Waals surface area contributed by atoms with Crippen LogP contribution < -0.4 is 5.32 Å². The summed E-state index contributed by atoms with van der Waals surface area (Å²) in [7, 11) is 2.03. The van der Waals surface area contributed by atoms with E-state index in [0.717, 1.165) is 12.8 Å². The van der Waals surface area contributed by atoms with Gasteiger partial charge in [0, 0.05) is 11.8 Å². The molecule has 0 radical (unpaired) electrons. The number of nitrogens with one attached hydrogen (secondary N) is 1. The van der Waals surface area contributed by atoms with Crippen molar-refractivity contribution < 1.29 is 0 Å². The van der Waals surface area contributed by atoms with Crippen LogP contribution in [0.3, 0.4) is 0 Å². The van der Waals surface area contributed by atoms with Crippen LogP contribution in [0.2, 0.25) is 0 Å². The van der Waals surface area contributed by atoms with E-state index in [0.29, 0.717) is 6.04 Å². The molecule has 72 valence electrons. The van der Waals surface area contributed by atoms with Crippen LogP contribution in [-0.2, 0) is 0 Å². The Labute approximate surface area is 81.0 Å². The van der Waals surface area contributed by atoms with Gasteiger partial charge < -0.3 is 5.32 Å². The molecule has 0 aromatic heterocycles. The maximum atomic E-state index is 4.02. The number of thioether (sulfide) groups is 1. The van der Waals surface area contributed by atoms with Crippen LogP contribution >= 0.6 is 11.8 Å². The van der Waals surface area contributed by atoms with E-state index in [1.807, 2.05) is 18.8 Å². The van der Waals surface area contributed by atoms with Gasteiger partial charge in [-0.1, -0.05) is 26.0 Å². The summed E-state index contributed by atoms with van der Waals surface area (Å²) in [6, 6.07) is 0.613. The van der Waals surface area contributed by atoms with Gasteiger partial charge in [0.15, 0.2) is 0 Å². The molecule has 12 heavy (non-hydrogen) atoms. The topological polar surface area (TPSA) is 12.0 Å². The lowest BCUT2D eigenvalue weighted by atomic mass is 10.1. The van der Waals surface area contributed by atoms with Crippen LogP contribution in [0.5, 0.6) is 0 Å². The summed E-state index contributed by atoms with van der Waals surface area (Å²) in [6.45, 7) is 8.39. The maximum absolute atomic E-state index is 4.02. The van der Waals surface area contributed by atoms with Crippen LogP contribution in [0.25, 0.3) is 0 Å². The van der Waals surface area contributed by atoms with Crippen molar-refractivity contribution in [1.82, 2.24) is 5.32 Å². The Morgan fingerprint density at radius 1 is 1.50 bits per heavy atom. The lowest BCUT2D eigenvalue weighted by Crippen LogP contribution is -2.28. The van der Waals surface area contributed by atoms with Crippen molar-refractivity contribution in [3.63, 3.8) is 0 Å². The highest BCUT2D eigenvalue weighted by Crippen LogP contribution is 2.11. The molecule has 0 spiro atoms. The first-order valence-corrected chi connectivity index (χ1v) is 5.81. The highest BCUT2D eigenvalue weighted by atomic mass is 32.2. The van der Waals surface area contributed by atoms with Gasteiger partial charge in [0.1, 0.15) is 0 Å². The Bertz CT molecular complexity index is 123. The molecule has 1 unspecified atom stereocenters. The monoisotopic (exact) mass is 187 g/mol. The van der Waals surface area contributed by atoms with Crippen molar-refractivity contribution in [2.45, 2.75) is 32.7 Å². The van der Waals surface area contributed by atoms with E-state index in [1.54, 1.807) is 0 Å². The van der Waals surface area contributed by atoms with Gasteiger partial charge in [-0.2, -0.15) is 11.8 Å². The van der Waals surface area contributed by atoms with E-state index in [4.69, 9.17) is 0 Å². The summed E-state index contributed by atoms with van der Waals surface area (Å²) in [5.41, 5.74) is 1.35. The molecule has 0 bridgehead atoms. The van der Waals surface area contributed by atoms with Gasteiger partial charge in [-0.3, -0.25) is 0 Å². The Morgan fingerprint density at radius 3 is 2.58 bits per heavy atom. The Morgan fingerprint density at radius 2 is 2.17 bits per heavy atom. The predicted molar refractivity (Wildman–Crippen MR) is 59.9 cm³/mol. The Kier molecular flexibility index (Phi) is 7.72. The summed E-state index contributed by atoms with van der Waals surface area (Å²) in [5, 5.41) is 3.32. The molecular formula is C10H21NS. The molecule has 0 aromatic carbocycles. The summed E-state index contributed by atoms with van der Waals surface area (Å²) in [4.78, 5) is 0. The molecule has 0 fully saturated rings. The first kappa shape index (κ1) is 12.0. The van der Waals surface area contributed by atoms with E-state index < -0.39 is 0 Å². The van der Waals surface area contributed by atoms with E-state index in [-0.39, 0.29) is 0 Å². The third kappa shape index (κ3) is 5.67. The second kappa shape index (κ2) is 7.69. The zero-order valence-electron chi connectivity index (χ0n) is 8.52. The van der Waals surface area contributed by atoms with Gasteiger partial charge in [-0.05, 0) is 25.6 Å². The molecule has 2 heteroatoms. The summed E-state index contributed by atoms with van der Waals surface area (Å²) >= 11 is 1.99. The van der Waals surface area contributed by atoms with Gasteiger partial charge in [-0.25, -0.2) is 0 Å². The quantitative estimate of drug-likeness (QED) is 0.615. The van der Waals surface area contributed by atoms with E-state index in [1.165, 1.54) is 17.1 Å². The van der Waals surface area contributed by atoms with Gasteiger partial charge in [-0.15, -0.1) is 0 Å². The maximum Gasteiger partial charge on any atom is 0.0192 e. The molecule has 0 aromatic rings. The fourth-order valence-electron chi connectivity index (χ4n) is 0.997. The first-order valence-electron chi connectivity index (χ1n) is 4.66. The molecule has 1 N–H and O–H groups in total. The molecule has 1 atom stereocenters. The average molecular weight is 187 g/mol. The largest absolute Gasteiger partial charge is 0.316 e. The highest BCUT2D eigenvalue weighted by Gasteiger charge is 2.05. The molecule has 0 amide bonds. The zero-order valence-corrected chi connectivity index (χ0v) is 9.34. The van der Waals surface area contributed by atoms with Crippen LogP contribution in [0.4, 0.5) is 0 Å². The van der Waals surface area contributed by atoms with Gasteiger partial charge >= 0.3 is 0 Å². The van der Waals surface area contributed by atoms with E-state index >= 15 is 0 Å². The van der Waals surface area contributed by atoms with Crippen molar-refractivity contribution in [1.29, 1.82) is 0 Å². The standard InChI is InChI=1S/C10H21NS/c1-5-9(3)7-10(11-4)8-12-6-2/h10-11H,3,5-8H2,1-2,4H3. The summed E-state index contributed by atoms with van der Waals surface area (Å²) < 4.78 is 0. The predicted octanol–water partition coefficient (Wildman–Crippen LogP) is 2.68. The van der Waals surface area contributed by atoms with Crippen molar-refractivity contribution in [3.8, 4) is 0 Å². The fourth-order valence-corrected chi connectivity index (χ4v) is 1.80. The number of hydrogen-bond acceptors (Lipinski definition) is 2. The van der Waals surface area contributed by atoms with E-state index in [2.05, 4.69) is 25.7 Å². The van der Waals surface area contributed by atoms with Crippen molar-refractivity contribution in [3.05, 3.63) is 12.2 Å². The first-order chi connectivity index (χ1) is 5.74. The minimum absolute atomic E-state index is 0.613. The van der Waals surface area contributed by atoms with Crippen LogP contribution in [0.15, 0.2) is 12.2 Å². The summed E-state index contributed by atoms with van der Waals surface area (Å²) in [5.74, 6) is 2.41.